The van der Waals surface area contributed by atoms with Gasteiger partial charge in [-0.3, -0.25) is 13.9 Å². The normalized spacial score (nSPS) is 12.4. The van der Waals surface area contributed by atoms with Gasteiger partial charge >= 0.3 is 0 Å². The minimum Gasteiger partial charge on any atom is -0.354 e. The first kappa shape index (κ1) is 28.1. The molecule has 7 nitrogen and oxygen atoms in total. The number of hydrogen-bond acceptors (Lipinski definition) is 4. The Morgan fingerprint density at radius 2 is 1.82 bits per heavy atom. The molecule has 186 valence electrons. The zero-order chi connectivity index (χ0) is 25.6. The summed E-state index contributed by atoms with van der Waals surface area (Å²) < 4.78 is 40.3. The van der Waals surface area contributed by atoms with E-state index in [1.807, 2.05) is 26.0 Å². The monoisotopic (exact) mass is 575 g/mol. The van der Waals surface area contributed by atoms with Crippen LogP contribution in [0.15, 0.2) is 46.9 Å². The largest absolute Gasteiger partial charge is 0.354 e. The number of carbonyl (C=O) groups is 2. The van der Waals surface area contributed by atoms with E-state index >= 15 is 0 Å². The number of anilines is 1. The molecule has 0 aliphatic rings. The summed E-state index contributed by atoms with van der Waals surface area (Å²) in [4.78, 5) is 27.5. The second-order valence-electron chi connectivity index (χ2n) is 8.33. The van der Waals surface area contributed by atoms with Crippen molar-refractivity contribution < 1.29 is 22.4 Å². The van der Waals surface area contributed by atoms with E-state index in [0.717, 1.165) is 32.7 Å². The Hall–Kier alpha value is -2.17. The molecule has 0 aliphatic heterocycles. The summed E-state index contributed by atoms with van der Waals surface area (Å²) in [6, 6.07) is 9.78. The quantitative estimate of drug-likeness (QED) is 0.459. The van der Waals surface area contributed by atoms with Crippen molar-refractivity contribution in [3.8, 4) is 0 Å². The van der Waals surface area contributed by atoms with Gasteiger partial charge in [0.25, 0.3) is 0 Å². The topological polar surface area (TPSA) is 86.8 Å². The summed E-state index contributed by atoms with van der Waals surface area (Å²) in [7, 11) is -3.93. The maximum Gasteiger partial charge on any atom is 0.244 e. The smallest absolute Gasteiger partial charge is 0.244 e. The molecule has 2 rings (SSSR count). The third-order valence-electron chi connectivity index (χ3n) is 4.96. The lowest BCUT2D eigenvalue weighted by molar-refractivity contribution is -0.139. The highest BCUT2D eigenvalue weighted by atomic mass is 79.9. The molecule has 0 aliphatic carbocycles. The predicted octanol–water partition coefficient (Wildman–Crippen LogP) is 4.20. The maximum absolute atomic E-state index is 13.6. The first-order chi connectivity index (χ1) is 15.8. The van der Waals surface area contributed by atoms with Gasteiger partial charge in [0.05, 0.1) is 17.0 Å². The Bertz CT molecular complexity index is 1150. The Labute approximate surface area is 213 Å². The summed E-state index contributed by atoms with van der Waals surface area (Å²) in [5.41, 5.74) is 0.795. The van der Waals surface area contributed by atoms with Gasteiger partial charge in [-0.15, -0.1) is 0 Å². The van der Waals surface area contributed by atoms with Gasteiger partial charge in [0, 0.05) is 17.6 Å². The first-order valence-corrected chi connectivity index (χ1v) is 13.6. The molecule has 1 unspecified atom stereocenters. The molecule has 1 atom stereocenters. The molecule has 0 bridgehead atoms. The van der Waals surface area contributed by atoms with E-state index in [2.05, 4.69) is 21.2 Å². The average Bonchev–Trinajstić information content (AvgIpc) is 2.74. The van der Waals surface area contributed by atoms with Crippen LogP contribution in [0, 0.1) is 11.7 Å². The molecule has 0 saturated heterocycles. The first-order valence-electron chi connectivity index (χ1n) is 10.5. The Morgan fingerprint density at radius 1 is 1.15 bits per heavy atom. The van der Waals surface area contributed by atoms with Gasteiger partial charge < -0.3 is 10.2 Å². The standard InChI is InChI=1S/C23H28BrClFN3O4S/c1-15(2)12-27-23(31)16(3)28(13-17-6-5-7-18(24)10-17)22(30)14-29(34(4,32)33)19-8-9-21(26)20(25)11-19/h5-11,15-16H,12-14H2,1-4H3,(H,27,31). The van der Waals surface area contributed by atoms with Gasteiger partial charge in [0.2, 0.25) is 21.8 Å². The van der Waals surface area contributed by atoms with Crippen LogP contribution in [-0.4, -0.2) is 50.5 Å². The number of rotatable bonds is 10. The number of nitrogens with zero attached hydrogens (tertiary/aromatic N) is 2. The molecule has 2 aromatic rings. The SMILES string of the molecule is CC(C)CNC(=O)C(C)N(Cc1cccc(Br)c1)C(=O)CN(c1ccc(F)c(Cl)c1)S(C)(=O)=O. The molecule has 0 fully saturated rings. The average molecular weight is 577 g/mol. The molecule has 2 amide bonds. The van der Waals surface area contributed by atoms with Crippen LogP contribution in [0.4, 0.5) is 10.1 Å². The van der Waals surface area contributed by atoms with Crippen LogP contribution in [0.2, 0.25) is 5.02 Å². The van der Waals surface area contributed by atoms with Gasteiger partial charge in [-0.2, -0.15) is 0 Å². The number of sulfonamides is 1. The molecule has 11 heteroatoms. The number of halogens is 3. The fourth-order valence-electron chi connectivity index (χ4n) is 3.12. The second-order valence-corrected chi connectivity index (χ2v) is 11.6. The highest BCUT2D eigenvalue weighted by molar-refractivity contribution is 9.10. The lowest BCUT2D eigenvalue weighted by Gasteiger charge is -2.31. The van der Waals surface area contributed by atoms with Gasteiger partial charge in [-0.25, -0.2) is 12.8 Å². The summed E-state index contributed by atoms with van der Waals surface area (Å²) in [6.45, 7) is 5.42. The molecule has 0 saturated carbocycles. The van der Waals surface area contributed by atoms with Gasteiger partial charge in [0.1, 0.15) is 18.4 Å². The molecular formula is C23H28BrClFN3O4S. The Morgan fingerprint density at radius 3 is 2.38 bits per heavy atom. The van der Waals surface area contributed by atoms with Gasteiger partial charge in [-0.1, -0.05) is 53.5 Å². The maximum atomic E-state index is 13.6. The van der Waals surface area contributed by atoms with E-state index in [-0.39, 0.29) is 29.1 Å². The lowest BCUT2D eigenvalue weighted by Crippen LogP contribution is -2.51. The molecule has 0 heterocycles. The van der Waals surface area contributed by atoms with E-state index in [4.69, 9.17) is 11.6 Å². The van der Waals surface area contributed by atoms with E-state index < -0.39 is 34.3 Å². The number of amides is 2. The number of benzene rings is 2. The fraction of sp³-hybridized carbons (Fsp3) is 0.391. The summed E-state index contributed by atoms with van der Waals surface area (Å²) in [6.07, 6.45) is 0.939. The molecule has 34 heavy (non-hydrogen) atoms. The molecule has 0 aromatic heterocycles. The number of nitrogens with one attached hydrogen (secondary N) is 1. The van der Waals surface area contributed by atoms with E-state index in [1.165, 1.54) is 11.0 Å². The summed E-state index contributed by atoms with van der Waals surface area (Å²) in [5.74, 6) is -1.45. The third kappa shape index (κ3) is 7.95. The highest BCUT2D eigenvalue weighted by Gasteiger charge is 2.30. The molecule has 0 radical (unpaired) electrons. The fourth-order valence-corrected chi connectivity index (χ4v) is 4.58. The van der Waals surface area contributed by atoms with Crippen molar-refractivity contribution in [1.82, 2.24) is 10.2 Å². The number of hydrogen-bond donors (Lipinski definition) is 1. The van der Waals surface area contributed by atoms with Crippen molar-refractivity contribution in [3.63, 3.8) is 0 Å². The molecular weight excluding hydrogens is 549 g/mol. The van der Waals surface area contributed by atoms with Crippen molar-refractivity contribution in [3.05, 3.63) is 63.3 Å². The van der Waals surface area contributed by atoms with Crippen molar-refractivity contribution in [2.24, 2.45) is 5.92 Å². The van der Waals surface area contributed by atoms with E-state index in [0.29, 0.717) is 6.54 Å². The zero-order valence-corrected chi connectivity index (χ0v) is 22.5. The van der Waals surface area contributed by atoms with Crippen LogP contribution >= 0.6 is 27.5 Å². The van der Waals surface area contributed by atoms with Crippen molar-refractivity contribution in [2.75, 3.05) is 23.7 Å². The van der Waals surface area contributed by atoms with Crippen molar-refractivity contribution in [2.45, 2.75) is 33.4 Å². The lowest BCUT2D eigenvalue weighted by atomic mass is 10.1. The molecule has 1 N–H and O–H groups in total. The summed E-state index contributed by atoms with van der Waals surface area (Å²) >= 11 is 9.22. The minimum absolute atomic E-state index is 0.0431. The Balaban J connectivity index is 2.39. The Kier molecular flexibility index (Phi) is 9.90. The molecule has 2 aromatic carbocycles. The van der Waals surface area contributed by atoms with Crippen LogP contribution in [0.5, 0.6) is 0 Å². The van der Waals surface area contributed by atoms with Gasteiger partial charge in [0.15, 0.2) is 0 Å². The van der Waals surface area contributed by atoms with Crippen LogP contribution < -0.4 is 9.62 Å². The van der Waals surface area contributed by atoms with Crippen LogP contribution in [0.1, 0.15) is 26.3 Å². The second kappa shape index (κ2) is 12.0. The highest BCUT2D eigenvalue weighted by Crippen LogP contribution is 2.25. The zero-order valence-electron chi connectivity index (χ0n) is 19.4. The predicted molar refractivity (Wildman–Crippen MR) is 136 cm³/mol. The minimum atomic E-state index is -3.93. The van der Waals surface area contributed by atoms with Crippen molar-refractivity contribution >= 4 is 55.1 Å². The van der Waals surface area contributed by atoms with Crippen LogP contribution in [-0.2, 0) is 26.2 Å². The number of carbonyl (C=O) groups excluding carboxylic acids is 2. The van der Waals surface area contributed by atoms with Crippen LogP contribution in [0.3, 0.4) is 0 Å². The van der Waals surface area contributed by atoms with Crippen molar-refractivity contribution in [1.29, 1.82) is 0 Å². The van der Waals surface area contributed by atoms with E-state index in [9.17, 15) is 22.4 Å². The van der Waals surface area contributed by atoms with Gasteiger partial charge in [-0.05, 0) is 48.7 Å². The summed E-state index contributed by atoms with van der Waals surface area (Å²) in [5, 5.41) is 2.54. The van der Waals surface area contributed by atoms with E-state index in [1.54, 1.807) is 19.1 Å². The van der Waals surface area contributed by atoms with Crippen LogP contribution in [0.25, 0.3) is 0 Å². The molecule has 0 spiro atoms. The third-order valence-corrected chi connectivity index (χ3v) is 6.89.